The molecule has 3 aromatic heterocycles. The minimum absolute atomic E-state index is 0.0217. The molecule has 1 fully saturated rings. The number of carbonyl (C=O) groups excluding carboxylic acids is 2. The number of fused-ring (bicyclic) bond motifs is 1. The van der Waals surface area contributed by atoms with E-state index in [-0.39, 0.29) is 17.9 Å². The smallest absolute Gasteiger partial charge is 0.317 e. The largest absolute Gasteiger partial charge is 0.369 e. The first-order chi connectivity index (χ1) is 19.0. The molecule has 0 bridgehead atoms. The highest BCUT2D eigenvalue weighted by atomic mass is 16.2. The Morgan fingerprint density at radius 3 is 2.74 bits per heavy atom. The lowest BCUT2D eigenvalue weighted by Gasteiger charge is -2.16. The van der Waals surface area contributed by atoms with Crippen LogP contribution in [0.1, 0.15) is 28.8 Å². The van der Waals surface area contributed by atoms with Crippen molar-refractivity contribution in [3.8, 4) is 11.3 Å². The van der Waals surface area contributed by atoms with Crippen LogP contribution in [0.5, 0.6) is 0 Å². The van der Waals surface area contributed by atoms with E-state index < -0.39 is 0 Å². The topological polar surface area (TPSA) is 137 Å². The van der Waals surface area contributed by atoms with Crippen molar-refractivity contribution < 1.29 is 9.59 Å². The Morgan fingerprint density at radius 2 is 1.97 bits per heavy atom. The minimum Gasteiger partial charge on any atom is -0.369 e. The van der Waals surface area contributed by atoms with Crippen LogP contribution in [-0.4, -0.2) is 76.5 Å². The number of urea groups is 1. The lowest BCUT2D eigenvalue weighted by atomic mass is 9.96. The fraction of sp³-hybridized carbons (Fsp3) is 0.286. The van der Waals surface area contributed by atoms with E-state index in [1.807, 2.05) is 36.4 Å². The Morgan fingerprint density at radius 1 is 1.08 bits per heavy atom. The number of pyridine rings is 2. The molecule has 1 saturated heterocycles. The quantitative estimate of drug-likeness (QED) is 0.248. The van der Waals surface area contributed by atoms with Crippen molar-refractivity contribution in [2.75, 3.05) is 50.4 Å². The zero-order valence-corrected chi connectivity index (χ0v) is 21.9. The van der Waals surface area contributed by atoms with Crippen LogP contribution in [0.15, 0.2) is 61.2 Å². The van der Waals surface area contributed by atoms with Crippen LogP contribution in [0, 0.1) is 0 Å². The molecule has 0 spiro atoms. The third kappa shape index (κ3) is 5.87. The van der Waals surface area contributed by atoms with Gasteiger partial charge in [-0.2, -0.15) is 0 Å². The summed E-state index contributed by atoms with van der Waals surface area (Å²) in [5.41, 5.74) is 4.11. The maximum Gasteiger partial charge on any atom is 0.317 e. The van der Waals surface area contributed by atoms with Crippen LogP contribution in [0.3, 0.4) is 0 Å². The lowest BCUT2D eigenvalue weighted by Crippen LogP contribution is -2.32. The van der Waals surface area contributed by atoms with Crippen LogP contribution in [0.25, 0.3) is 22.2 Å². The molecule has 1 aliphatic heterocycles. The van der Waals surface area contributed by atoms with Crippen molar-refractivity contribution in [3.05, 3.63) is 72.3 Å². The summed E-state index contributed by atoms with van der Waals surface area (Å²) in [6.45, 7) is 5.41. The molecule has 1 unspecified atom stereocenters. The van der Waals surface area contributed by atoms with Crippen molar-refractivity contribution in [2.45, 2.75) is 12.8 Å². The number of amides is 3. The number of hydrogen-bond acceptors (Lipinski definition) is 8. The summed E-state index contributed by atoms with van der Waals surface area (Å²) in [6.07, 6.45) is 4.98. The number of aromatic nitrogens is 4. The van der Waals surface area contributed by atoms with E-state index >= 15 is 0 Å². The Bertz CT molecular complexity index is 1480. The van der Waals surface area contributed by atoms with Gasteiger partial charge in [-0.1, -0.05) is 25.1 Å². The molecule has 4 heterocycles. The summed E-state index contributed by atoms with van der Waals surface area (Å²) in [5.74, 6) is 1.42. The number of para-hydroxylation sites is 1. The van der Waals surface area contributed by atoms with Crippen LogP contribution < -0.4 is 21.3 Å². The number of benzene rings is 1. The Labute approximate surface area is 226 Å². The van der Waals surface area contributed by atoms with Gasteiger partial charge in [0.25, 0.3) is 5.91 Å². The molecule has 4 N–H and O–H groups in total. The van der Waals surface area contributed by atoms with Crippen LogP contribution in [-0.2, 0) is 0 Å². The van der Waals surface area contributed by atoms with Crippen molar-refractivity contribution in [1.82, 2.24) is 35.5 Å². The van der Waals surface area contributed by atoms with E-state index in [2.05, 4.69) is 48.1 Å². The van der Waals surface area contributed by atoms with Gasteiger partial charge in [0.1, 0.15) is 18.0 Å². The van der Waals surface area contributed by atoms with Gasteiger partial charge in [-0.3, -0.25) is 9.78 Å². The Kier molecular flexibility index (Phi) is 7.76. The predicted octanol–water partition coefficient (Wildman–Crippen LogP) is 3.10. The summed E-state index contributed by atoms with van der Waals surface area (Å²) in [5, 5.41) is 13.0. The van der Waals surface area contributed by atoms with E-state index in [0.717, 1.165) is 40.1 Å². The van der Waals surface area contributed by atoms with Gasteiger partial charge in [-0.05, 0) is 23.8 Å². The second-order valence-corrected chi connectivity index (χ2v) is 9.33. The van der Waals surface area contributed by atoms with Gasteiger partial charge in [0, 0.05) is 75.1 Å². The molecule has 1 aromatic carbocycles. The average molecular weight is 526 g/mol. The van der Waals surface area contributed by atoms with E-state index in [1.54, 1.807) is 30.4 Å². The van der Waals surface area contributed by atoms with E-state index in [0.29, 0.717) is 37.6 Å². The molecule has 200 valence electrons. The maximum absolute atomic E-state index is 12.3. The highest BCUT2D eigenvalue weighted by Gasteiger charge is 2.18. The molecular weight excluding hydrogens is 494 g/mol. The molecule has 0 aliphatic carbocycles. The first-order valence-electron chi connectivity index (χ1n) is 12.9. The van der Waals surface area contributed by atoms with E-state index in [4.69, 9.17) is 0 Å². The number of anilines is 2. The predicted molar refractivity (Wildman–Crippen MR) is 151 cm³/mol. The molecule has 11 heteroatoms. The summed E-state index contributed by atoms with van der Waals surface area (Å²) < 4.78 is 0. The molecule has 1 atom stereocenters. The van der Waals surface area contributed by atoms with Crippen molar-refractivity contribution in [3.63, 3.8) is 0 Å². The zero-order valence-electron chi connectivity index (χ0n) is 21.9. The summed E-state index contributed by atoms with van der Waals surface area (Å²) in [7, 11) is 1.63. The van der Waals surface area contributed by atoms with Crippen molar-refractivity contribution >= 4 is 34.5 Å². The lowest BCUT2D eigenvalue weighted by molar-refractivity contribution is 0.0964. The number of rotatable bonds is 10. The number of hydrogen-bond donors (Lipinski definition) is 4. The van der Waals surface area contributed by atoms with Gasteiger partial charge in [0.05, 0.1) is 16.8 Å². The molecule has 0 saturated carbocycles. The van der Waals surface area contributed by atoms with Crippen molar-refractivity contribution in [1.29, 1.82) is 0 Å². The number of carbonyl (C=O) groups is 2. The standard InChI is InChI=1S/C28H31N9O2/c1-18(20-4-3-5-21-22(27(38)29-2)8-9-31-26(20)21)15-33-25-14-23(35-17-36-25)19-6-7-24(34-16-19)30-10-12-37-13-11-32-28(37)39/h3-9,14,16-18H,10-13,15H2,1-2H3,(H,29,38)(H,30,34)(H,32,39)(H,33,35,36). The average Bonchev–Trinajstić information content (AvgIpc) is 3.39. The fourth-order valence-electron chi connectivity index (χ4n) is 4.60. The van der Waals surface area contributed by atoms with Crippen molar-refractivity contribution in [2.24, 2.45) is 0 Å². The summed E-state index contributed by atoms with van der Waals surface area (Å²) in [4.78, 5) is 43.6. The normalized spacial score (nSPS) is 13.7. The van der Waals surface area contributed by atoms with Gasteiger partial charge in [0.15, 0.2) is 0 Å². The first-order valence-corrected chi connectivity index (χ1v) is 12.9. The minimum atomic E-state index is -0.131. The highest BCUT2D eigenvalue weighted by Crippen LogP contribution is 2.27. The molecule has 1 aliphatic rings. The van der Waals surface area contributed by atoms with E-state index in [1.165, 1.54) is 6.33 Å². The highest BCUT2D eigenvalue weighted by molar-refractivity contribution is 6.06. The van der Waals surface area contributed by atoms with Gasteiger partial charge >= 0.3 is 6.03 Å². The van der Waals surface area contributed by atoms with Crippen LogP contribution in [0.4, 0.5) is 16.4 Å². The second-order valence-electron chi connectivity index (χ2n) is 9.33. The van der Waals surface area contributed by atoms with Gasteiger partial charge in [-0.25, -0.2) is 19.7 Å². The molecule has 3 amide bonds. The molecule has 11 nitrogen and oxygen atoms in total. The Balaban J connectivity index is 1.22. The summed E-state index contributed by atoms with van der Waals surface area (Å²) >= 11 is 0. The van der Waals surface area contributed by atoms with Gasteiger partial charge in [0.2, 0.25) is 0 Å². The maximum atomic E-state index is 12.3. The number of nitrogens with zero attached hydrogens (tertiary/aromatic N) is 5. The molecular formula is C28H31N9O2. The molecule has 4 aromatic rings. The third-order valence-corrected chi connectivity index (χ3v) is 6.75. The SMILES string of the molecule is CNC(=O)c1ccnc2c(C(C)CNc3cc(-c4ccc(NCCN5CCNC5=O)nc4)ncn3)cccc12. The van der Waals surface area contributed by atoms with Crippen LogP contribution >= 0.6 is 0 Å². The molecule has 5 rings (SSSR count). The van der Waals surface area contributed by atoms with E-state index in [9.17, 15) is 9.59 Å². The third-order valence-electron chi connectivity index (χ3n) is 6.75. The number of nitrogens with one attached hydrogen (secondary N) is 4. The first kappa shape index (κ1) is 25.8. The second kappa shape index (κ2) is 11.7. The molecule has 39 heavy (non-hydrogen) atoms. The Hall–Kier alpha value is -4.80. The fourth-order valence-corrected chi connectivity index (χ4v) is 4.60. The molecule has 0 radical (unpaired) electrons. The van der Waals surface area contributed by atoms with Gasteiger partial charge in [-0.15, -0.1) is 0 Å². The van der Waals surface area contributed by atoms with Crippen LogP contribution in [0.2, 0.25) is 0 Å². The monoisotopic (exact) mass is 525 g/mol. The zero-order chi connectivity index (χ0) is 27.2. The summed E-state index contributed by atoms with van der Waals surface area (Å²) in [6, 6.07) is 13.4. The van der Waals surface area contributed by atoms with Gasteiger partial charge < -0.3 is 26.2 Å².